The summed E-state index contributed by atoms with van der Waals surface area (Å²) < 4.78 is 4.87. The molecule has 3 heteroatoms. The van der Waals surface area contributed by atoms with Crippen LogP contribution in [-0.4, -0.2) is 19.1 Å². The average molecular weight is 233 g/mol. The van der Waals surface area contributed by atoms with Crippen LogP contribution in [-0.2, 0) is 9.53 Å². The first kappa shape index (κ1) is 12.1. The van der Waals surface area contributed by atoms with Gasteiger partial charge < -0.3 is 4.74 Å². The van der Waals surface area contributed by atoms with Gasteiger partial charge in [-0.05, 0) is 31.2 Å². The summed E-state index contributed by atoms with van der Waals surface area (Å²) in [5.74, 6) is 0.495. The fourth-order valence-corrected chi connectivity index (χ4v) is 2.06. The predicted octanol–water partition coefficient (Wildman–Crippen LogP) is 2.29. The number of carbonyl (C=O) groups excluding carboxylic acids is 1. The van der Waals surface area contributed by atoms with Crippen molar-refractivity contribution < 1.29 is 9.53 Å². The summed E-state index contributed by atoms with van der Waals surface area (Å²) in [7, 11) is 1.43. The summed E-state index contributed by atoms with van der Waals surface area (Å²) in [5, 5.41) is 3.37. The summed E-state index contributed by atoms with van der Waals surface area (Å²) >= 11 is 0. The molecule has 0 aromatic heterocycles. The number of methoxy groups -OCH3 is 1. The van der Waals surface area contributed by atoms with Crippen LogP contribution in [0.3, 0.4) is 0 Å². The van der Waals surface area contributed by atoms with E-state index in [2.05, 4.69) is 12.2 Å². The Hall–Kier alpha value is -1.35. The maximum atomic E-state index is 11.8. The van der Waals surface area contributed by atoms with Crippen molar-refractivity contribution in [1.82, 2.24) is 5.32 Å². The Bertz CT molecular complexity index is 373. The van der Waals surface area contributed by atoms with Crippen molar-refractivity contribution in [2.24, 2.45) is 5.92 Å². The molecule has 1 aromatic carbocycles. The molecular weight excluding hydrogens is 214 g/mol. The van der Waals surface area contributed by atoms with E-state index in [1.54, 1.807) is 0 Å². The summed E-state index contributed by atoms with van der Waals surface area (Å²) in [5.41, 5.74) is 0.965. The Labute approximate surface area is 102 Å². The largest absolute Gasteiger partial charge is 0.468 e. The monoisotopic (exact) mass is 233 g/mol. The minimum atomic E-state index is -0.350. The van der Waals surface area contributed by atoms with Gasteiger partial charge in [0.25, 0.3) is 0 Å². The van der Waals surface area contributed by atoms with Crippen molar-refractivity contribution in [2.75, 3.05) is 7.11 Å². The zero-order chi connectivity index (χ0) is 12.3. The third-order valence-corrected chi connectivity index (χ3v) is 3.33. The molecule has 2 atom stereocenters. The van der Waals surface area contributed by atoms with Crippen LogP contribution in [0.4, 0.5) is 0 Å². The van der Waals surface area contributed by atoms with Crippen LogP contribution >= 0.6 is 0 Å². The predicted molar refractivity (Wildman–Crippen MR) is 66.5 cm³/mol. The molecule has 2 unspecified atom stereocenters. The minimum absolute atomic E-state index is 0.219. The quantitative estimate of drug-likeness (QED) is 0.793. The number of carbonyl (C=O) groups is 1. The van der Waals surface area contributed by atoms with Gasteiger partial charge in [-0.25, -0.2) is 4.79 Å². The second-order valence-electron chi connectivity index (χ2n) is 4.66. The topological polar surface area (TPSA) is 38.3 Å². The van der Waals surface area contributed by atoms with Crippen molar-refractivity contribution in [3.8, 4) is 0 Å². The van der Waals surface area contributed by atoms with Gasteiger partial charge in [-0.3, -0.25) is 5.32 Å². The van der Waals surface area contributed by atoms with Crippen LogP contribution in [0.1, 0.15) is 31.4 Å². The molecule has 0 spiro atoms. The van der Waals surface area contributed by atoms with Gasteiger partial charge in [-0.15, -0.1) is 0 Å². The van der Waals surface area contributed by atoms with Gasteiger partial charge in [0.05, 0.1) is 7.11 Å². The van der Waals surface area contributed by atoms with Gasteiger partial charge in [0.15, 0.2) is 0 Å². The van der Waals surface area contributed by atoms with Crippen LogP contribution in [0.5, 0.6) is 0 Å². The number of hydrogen-bond acceptors (Lipinski definition) is 3. The zero-order valence-corrected chi connectivity index (χ0v) is 10.3. The Morgan fingerprint density at radius 3 is 2.53 bits per heavy atom. The van der Waals surface area contributed by atoms with E-state index in [-0.39, 0.29) is 12.0 Å². The Kier molecular flexibility index (Phi) is 3.79. The van der Waals surface area contributed by atoms with E-state index in [1.165, 1.54) is 20.0 Å². The Balaban J connectivity index is 2.10. The SMILES string of the molecule is COC(=O)C(NC(C)C1CC1)c1ccccc1. The Morgan fingerprint density at radius 2 is 2.00 bits per heavy atom. The molecule has 1 N–H and O–H groups in total. The fourth-order valence-electron chi connectivity index (χ4n) is 2.06. The summed E-state index contributed by atoms with van der Waals surface area (Å²) in [6.07, 6.45) is 2.52. The molecule has 2 rings (SSSR count). The molecule has 0 heterocycles. The number of esters is 1. The lowest BCUT2D eigenvalue weighted by Gasteiger charge is -2.21. The number of ether oxygens (including phenoxy) is 1. The highest BCUT2D eigenvalue weighted by molar-refractivity contribution is 5.77. The second kappa shape index (κ2) is 5.32. The second-order valence-corrected chi connectivity index (χ2v) is 4.66. The van der Waals surface area contributed by atoms with Gasteiger partial charge in [-0.2, -0.15) is 0 Å². The maximum absolute atomic E-state index is 11.8. The average Bonchev–Trinajstić information content (AvgIpc) is 3.20. The summed E-state index contributed by atoms with van der Waals surface area (Å²) in [6.45, 7) is 2.14. The number of benzene rings is 1. The third-order valence-electron chi connectivity index (χ3n) is 3.33. The van der Waals surface area contributed by atoms with E-state index in [9.17, 15) is 4.79 Å². The Morgan fingerprint density at radius 1 is 1.35 bits per heavy atom. The molecule has 1 saturated carbocycles. The van der Waals surface area contributed by atoms with Crippen LogP contribution in [0.25, 0.3) is 0 Å². The van der Waals surface area contributed by atoms with E-state index < -0.39 is 0 Å². The summed E-state index contributed by atoms with van der Waals surface area (Å²) in [4.78, 5) is 11.8. The molecule has 17 heavy (non-hydrogen) atoms. The van der Waals surface area contributed by atoms with Crippen molar-refractivity contribution >= 4 is 5.97 Å². The van der Waals surface area contributed by atoms with Crippen molar-refractivity contribution in [2.45, 2.75) is 31.8 Å². The normalized spacial score (nSPS) is 18.5. The minimum Gasteiger partial charge on any atom is -0.468 e. The van der Waals surface area contributed by atoms with Gasteiger partial charge in [-0.1, -0.05) is 30.3 Å². The van der Waals surface area contributed by atoms with E-state index >= 15 is 0 Å². The summed E-state index contributed by atoms with van der Waals surface area (Å²) in [6, 6.07) is 9.74. The first-order chi connectivity index (χ1) is 8.22. The molecule has 1 aromatic rings. The molecule has 0 radical (unpaired) electrons. The highest BCUT2D eigenvalue weighted by Crippen LogP contribution is 2.33. The molecule has 0 aliphatic heterocycles. The van der Waals surface area contributed by atoms with Crippen LogP contribution < -0.4 is 5.32 Å². The number of nitrogens with one attached hydrogen (secondary N) is 1. The van der Waals surface area contributed by atoms with Gasteiger partial charge in [0, 0.05) is 6.04 Å². The van der Waals surface area contributed by atoms with Gasteiger partial charge >= 0.3 is 5.97 Å². The van der Waals surface area contributed by atoms with E-state index in [0.717, 1.165) is 5.56 Å². The van der Waals surface area contributed by atoms with Gasteiger partial charge in [0.1, 0.15) is 6.04 Å². The molecule has 1 fully saturated rings. The molecular formula is C14H19NO2. The van der Waals surface area contributed by atoms with Crippen molar-refractivity contribution in [1.29, 1.82) is 0 Å². The highest BCUT2D eigenvalue weighted by atomic mass is 16.5. The maximum Gasteiger partial charge on any atom is 0.327 e. The lowest BCUT2D eigenvalue weighted by molar-refractivity contribution is -0.143. The van der Waals surface area contributed by atoms with Crippen LogP contribution in [0, 0.1) is 5.92 Å². The third kappa shape index (κ3) is 3.07. The van der Waals surface area contributed by atoms with Gasteiger partial charge in [0.2, 0.25) is 0 Å². The lowest BCUT2D eigenvalue weighted by atomic mass is 10.1. The standard InChI is InChI=1S/C14H19NO2/c1-10(11-8-9-11)15-13(14(16)17-2)12-6-4-3-5-7-12/h3-7,10-11,13,15H,8-9H2,1-2H3. The van der Waals surface area contributed by atoms with Crippen LogP contribution in [0.15, 0.2) is 30.3 Å². The van der Waals surface area contributed by atoms with E-state index in [0.29, 0.717) is 12.0 Å². The molecule has 0 bridgehead atoms. The smallest absolute Gasteiger partial charge is 0.327 e. The first-order valence-corrected chi connectivity index (χ1v) is 6.11. The number of rotatable bonds is 5. The molecule has 0 amide bonds. The lowest BCUT2D eigenvalue weighted by Crippen LogP contribution is -2.37. The molecule has 92 valence electrons. The van der Waals surface area contributed by atoms with E-state index in [4.69, 9.17) is 4.74 Å². The first-order valence-electron chi connectivity index (χ1n) is 6.11. The number of hydrogen-bond donors (Lipinski definition) is 1. The fraction of sp³-hybridized carbons (Fsp3) is 0.500. The van der Waals surface area contributed by atoms with Crippen LogP contribution in [0.2, 0.25) is 0 Å². The van der Waals surface area contributed by atoms with Crippen molar-refractivity contribution in [3.63, 3.8) is 0 Å². The molecule has 0 saturated heterocycles. The molecule has 1 aliphatic rings. The zero-order valence-electron chi connectivity index (χ0n) is 10.3. The highest BCUT2D eigenvalue weighted by Gasteiger charge is 2.32. The van der Waals surface area contributed by atoms with Crippen molar-refractivity contribution in [3.05, 3.63) is 35.9 Å². The molecule has 3 nitrogen and oxygen atoms in total. The van der Waals surface area contributed by atoms with E-state index in [1.807, 2.05) is 30.3 Å². The molecule has 1 aliphatic carbocycles.